The van der Waals surface area contributed by atoms with Gasteiger partial charge < -0.3 is 15.2 Å². The van der Waals surface area contributed by atoms with Crippen LogP contribution in [0.3, 0.4) is 0 Å². The fourth-order valence-corrected chi connectivity index (χ4v) is 4.24. The molecule has 0 atom stereocenters. The van der Waals surface area contributed by atoms with E-state index in [4.69, 9.17) is 15.2 Å². The Labute approximate surface area is 145 Å². The van der Waals surface area contributed by atoms with Crippen LogP contribution in [0.4, 0.5) is 0 Å². The first-order valence-electron chi connectivity index (χ1n) is 8.47. The minimum atomic E-state index is -3.42. The Kier molecular flexibility index (Phi) is 7.64. The van der Waals surface area contributed by atoms with Gasteiger partial charge in [-0.3, -0.25) is 0 Å². The number of nitrogens with zero attached hydrogens (tertiary/aromatic N) is 1. The average molecular weight is 356 g/mol. The molecule has 7 heteroatoms. The molecule has 6 nitrogen and oxygen atoms in total. The minimum Gasteiger partial charge on any atom is -0.384 e. The Morgan fingerprint density at radius 2 is 1.83 bits per heavy atom. The number of hydrogen-bond donors (Lipinski definition) is 1. The zero-order chi connectivity index (χ0) is 17.4. The summed E-state index contributed by atoms with van der Waals surface area (Å²) in [6, 6.07) is 7.08. The van der Waals surface area contributed by atoms with Crippen molar-refractivity contribution in [3.63, 3.8) is 0 Å². The zero-order valence-electron chi connectivity index (χ0n) is 14.3. The van der Waals surface area contributed by atoms with Crippen LogP contribution in [0.2, 0.25) is 0 Å². The van der Waals surface area contributed by atoms with Crippen LogP contribution in [-0.2, 0) is 25.9 Å². The molecule has 0 amide bonds. The summed E-state index contributed by atoms with van der Waals surface area (Å²) in [4.78, 5) is 0.353. The maximum Gasteiger partial charge on any atom is 0.243 e. The van der Waals surface area contributed by atoms with Crippen LogP contribution in [0.15, 0.2) is 29.2 Å². The molecule has 1 aliphatic rings. The van der Waals surface area contributed by atoms with Crippen molar-refractivity contribution in [3.8, 4) is 0 Å². The lowest BCUT2D eigenvalue weighted by Crippen LogP contribution is -2.41. The highest BCUT2D eigenvalue weighted by atomic mass is 32.2. The number of rotatable bonds is 9. The van der Waals surface area contributed by atoms with Crippen LogP contribution < -0.4 is 5.73 Å². The molecule has 1 aromatic carbocycles. The van der Waals surface area contributed by atoms with E-state index in [9.17, 15) is 8.42 Å². The number of sulfonamides is 1. The van der Waals surface area contributed by atoms with Gasteiger partial charge in [-0.15, -0.1) is 0 Å². The fourth-order valence-electron chi connectivity index (χ4n) is 2.77. The van der Waals surface area contributed by atoms with Crippen molar-refractivity contribution in [3.05, 3.63) is 29.8 Å². The summed E-state index contributed by atoms with van der Waals surface area (Å²) in [5.41, 5.74) is 6.52. The molecule has 1 heterocycles. The summed E-state index contributed by atoms with van der Waals surface area (Å²) in [5.74, 6) is 0. The molecule has 0 saturated carbocycles. The lowest BCUT2D eigenvalue weighted by molar-refractivity contribution is 0.0209. The van der Waals surface area contributed by atoms with Crippen molar-refractivity contribution in [2.24, 2.45) is 5.73 Å². The van der Waals surface area contributed by atoms with Gasteiger partial charge in [-0.1, -0.05) is 12.1 Å². The first-order valence-corrected chi connectivity index (χ1v) is 9.91. The van der Waals surface area contributed by atoms with E-state index in [-0.39, 0.29) is 6.10 Å². The van der Waals surface area contributed by atoms with Gasteiger partial charge in [0.1, 0.15) is 0 Å². The van der Waals surface area contributed by atoms with Crippen LogP contribution in [-0.4, -0.2) is 58.8 Å². The van der Waals surface area contributed by atoms with E-state index in [0.29, 0.717) is 37.7 Å². The molecule has 2 N–H and O–H groups in total. The van der Waals surface area contributed by atoms with Gasteiger partial charge in [-0.25, -0.2) is 8.42 Å². The molecule has 0 bridgehead atoms. The molecule has 1 aliphatic heterocycles. The smallest absolute Gasteiger partial charge is 0.243 e. The highest BCUT2D eigenvalue weighted by Crippen LogP contribution is 2.22. The fraction of sp³-hybridized carbons (Fsp3) is 0.647. The number of hydrogen-bond acceptors (Lipinski definition) is 5. The molecule has 0 radical (unpaired) electrons. The predicted molar refractivity (Wildman–Crippen MR) is 93.4 cm³/mol. The SMILES string of the molecule is COCCc1ccc(S(=O)(=O)N2CCC(OCCCN)CC2)cc1. The minimum absolute atomic E-state index is 0.138. The Balaban J connectivity index is 1.91. The van der Waals surface area contributed by atoms with Crippen molar-refractivity contribution in [1.29, 1.82) is 0 Å². The zero-order valence-corrected chi connectivity index (χ0v) is 15.1. The molecule has 1 fully saturated rings. The summed E-state index contributed by atoms with van der Waals surface area (Å²) in [6.45, 7) is 2.90. The molecule has 0 aliphatic carbocycles. The molecule has 24 heavy (non-hydrogen) atoms. The first-order chi connectivity index (χ1) is 11.6. The second-order valence-electron chi connectivity index (χ2n) is 6.00. The predicted octanol–water partition coefficient (Wildman–Crippen LogP) is 1.39. The largest absolute Gasteiger partial charge is 0.384 e. The second-order valence-corrected chi connectivity index (χ2v) is 7.94. The maximum absolute atomic E-state index is 12.7. The summed E-state index contributed by atoms with van der Waals surface area (Å²) >= 11 is 0. The van der Waals surface area contributed by atoms with E-state index in [0.717, 1.165) is 31.2 Å². The molecule has 136 valence electrons. The van der Waals surface area contributed by atoms with Gasteiger partial charge in [0, 0.05) is 26.8 Å². The molecule has 1 aromatic rings. The van der Waals surface area contributed by atoms with E-state index in [1.165, 1.54) is 0 Å². The summed E-state index contributed by atoms with van der Waals surface area (Å²) in [6.07, 6.45) is 3.22. The molecule has 0 unspecified atom stereocenters. The topological polar surface area (TPSA) is 81.9 Å². The first kappa shape index (κ1) is 19.3. The van der Waals surface area contributed by atoms with Crippen LogP contribution in [0.25, 0.3) is 0 Å². The van der Waals surface area contributed by atoms with Gasteiger partial charge in [0.05, 0.1) is 17.6 Å². The Hall–Kier alpha value is -0.990. The number of methoxy groups -OCH3 is 1. The Morgan fingerprint density at radius 1 is 1.17 bits per heavy atom. The second kappa shape index (κ2) is 9.48. The van der Waals surface area contributed by atoms with Gasteiger partial charge in [0.25, 0.3) is 0 Å². The number of nitrogens with two attached hydrogens (primary N) is 1. The van der Waals surface area contributed by atoms with E-state index in [1.807, 2.05) is 12.1 Å². The normalized spacial score (nSPS) is 17.2. The number of benzene rings is 1. The third-order valence-corrected chi connectivity index (χ3v) is 6.17. The van der Waals surface area contributed by atoms with E-state index >= 15 is 0 Å². The van der Waals surface area contributed by atoms with Crippen LogP contribution >= 0.6 is 0 Å². The Morgan fingerprint density at radius 3 is 2.42 bits per heavy atom. The van der Waals surface area contributed by atoms with Crippen LogP contribution in [0.1, 0.15) is 24.8 Å². The van der Waals surface area contributed by atoms with Gasteiger partial charge >= 0.3 is 0 Å². The van der Waals surface area contributed by atoms with Crippen molar-refractivity contribution in [2.75, 3.05) is 40.0 Å². The van der Waals surface area contributed by atoms with Crippen molar-refractivity contribution >= 4 is 10.0 Å². The lowest BCUT2D eigenvalue weighted by Gasteiger charge is -2.31. The van der Waals surface area contributed by atoms with Crippen molar-refractivity contribution < 1.29 is 17.9 Å². The molecular formula is C17H28N2O4S. The summed E-state index contributed by atoms with van der Waals surface area (Å²) in [7, 11) is -1.77. The molecule has 2 rings (SSSR count). The van der Waals surface area contributed by atoms with Crippen molar-refractivity contribution in [2.45, 2.75) is 36.7 Å². The third kappa shape index (κ3) is 5.26. The molecular weight excluding hydrogens is 328 g/mol. The highest BCUT2D eigenvalue weighted by molar-refractivity contribution is 7.89. The van der Waals surface area contributed by atoms with Gasteiger partial charge in [0.15, 0.2) is 0 Å². The molecule has 1 saturated heterocycles. The van der Waals surface area contributed by atoms with Crippen LogP contribution in [0, 0.1) is 0 Å². The van der Waals surface area contributed by atoms with Gasteiger partial charge in [-0.05, 0) is 49.9 Å². The molecule has 0 aromatic heterocycles. The number of ether oxygens (including phenoxy) is 2. The van der Waals surface area contributed by atoms with Gasteiger partial charge in [-0.2, -0.15) is 4.31 Å². The summed E-state index contributed by atoms with van der Waals surface area (Å²) < 4.78 is 37.8. The van der Waals surface area contributed by atoms with Crippen molar-refractivity contribution in [1.82, 2.24) is 4.31 Å². The molecule has 0 spiro atoms. The Bertz CT molecular complexity index is 581. The van der Waals surface area contributed by atoms with E-state index in [2.05, 4.69) is 0 Å². The van der Waals surface area contributed by atoms with E-state index in [1.54, 1.807) is 23.5 Å². The third-order valence-electron chi connectivity index (χ3n) is 4.26. The monoisotopic (exact) mass is 356 g/mol. The number of piperidine rings is 1. The highest BCUT2D eigenvalue weighted by Gasteiger charge is 2.29. The standard InChI is InChI=1S/C17H28N2O4S/c1-22-14-9-15-3-5-17(6-4-15)24(20,21)19-11-7-16(8-12-19)23-13-2-10-18/h3-6,16H,2,7-14,18H2,1H3. The maximum atomic E-state index is 12.7. The van der Waals surface area contributed by atoms with Gasteiger partial charge in [0.2, 0.25) is 10.0 Å². The summed E-state index contributed by atoms with van der Waals surface area (Å²) in [5, 5.41) is 0. The van der Waals surface area contributed by atoms with E-state index < -0.39 is 10.0 Å². The average Bonchev–Trinajstić information content (AvgIpc) is 2.61. The van der Waals surface area contributed by atoms with Crippen LogP contribution in [0.5, 0.6) is 0 Å². The quantitative estimate of drug-likeness (QED) is 0.676. The lowest BCUT2D eigenvalue weighted by atomic mass is 10.1.